The van der Waals surface area contributed by atoms with Crippen LogP contribution >= 0.6 is 0 Å². The van der Waals surface area contributed by atoms with Crippen LogP contribution < -0.4 is 10.6 Å². The molecule has 8 aromatic rings. The highest BCUT2D eigenvalue weighted by Gasteiger charge is 2.25. The SMILES string of the molecule is C1=C(c2ccc(-c3ccc(C4=NC(c5ccccc5)=NC(c5ccccc5)N4)c4ccccc34)c3ccccc23)c2c(oc3ccccc23)NC1. The average molecular weight is 657 g/mol. The Balaban J connectivity index is 1.11. The van der Waals surface area contributed by atoms with Gasteiger partial charge in [0.1, 0.15) is 17.6 Å². The van der Waals surface area contributed by atoms with E-state index >= 15 is 0 Å². The van der Waals surface area contributed by atoms with E-state index in [1.807, 2.05) is 36.4 Å². The molecule has 0 radical (unpaired) electrons. The summed E-state index contributed by atoms with van der Waals surface area (Å²) in [5, 5.41) is 13.0. The molecular weight excluding hydrogens is 625 g/mol. The molecule has 1 atom stereocenters. The van der Waals surface area contributed by atoms with Gasteiger partial charge < -0.3 is 15.1 Å². The lowest BCUT2D eigenvalue weighted by Crippen LogP contribution is -2.33. The molecular formula is C46H32N4O. The van der Waals surface area contributed by atoms with Crippen LogP contribution in [-0.2, 0) is 0 Å². The molecule has 2 aliphatic rings. The van der Waals surface area contributed by atoms with Crippen molar-refractivity contribution < 1.29 is 4.42 Å². The summed E-state index contributed by atoms with van der Waals surface area (Å²) in [4.78, 5) is 10.2. The van der Waals surface area contributed by atoms with Gasteiger partial charge in [0.15, 0.2) is 5.84 Å². The first-order valence-electron chi connectivity index (χ1n) is 17.3. The normalized spacial score (nSPS) is 15.5. The maximum atomic E-state index is 6.25. The number of aliphatic imine (C=N–C) groups is 2. The number of nitrogens with one attached hydrogen (secondary N) is 2. The van der Waals surface area contributed by atoms with Crippen molar-refractivity contribution in [3.05, 3.63) is 192 Å². The molecule has 5 nitrogen and oxygen atoms in total. The Bertz CT molecular complexity index is 2720. The summed E-state index contributed by atoms with van der Waals surface area (Å²) in [7, 11) is 0. The van der Waals surface area contributed by atoms with E-state index in [4.69, 9.17) is 14.4 Å². The maximum absolute atomic E-state index is 6.25. The quantitative estimate of drug-likeness (QED) is 0.194. The standard InChI is InChI=1S/C46H32N4O/c1-3-13-29(14-4-1)43-48-44(30-15-5-2-6-16-30)50-45(49-43)39-26-25-36(33-19-9-10-20-34(33)39)35-23-24-37(32-18-8-7-17-31(32)35)38-27-28-47-46-42(38)40-21-11-12-22-41(40)51-46/h1-27,43,47H,28H2,(H,48,49,50). The summed E-state index contributed by atoms with van der Waals surface area (Å²) >= 11 is 0. The van der Waals surface area contributed by atoms with Crippen LogP contribution in [0.1, 0.15) is 34.0 Å². The predicted molar refractivity (Wildman–Crippen MR) is 211 cm³/mol. The molecule has 1 aromatic heterocycles. The predicted octanol–water partition coefficient (Wildman–Crippen LogP) is 10.8. The molecule has 0 bridgehead atoms. The van der Waals surface area contributed by atoms with Crippen LogP contribution in [0.2, 0.25) is 0 Å². The van der Waals surface area contributed by atoms with Gasteiger partial charge in [-0.25, -0.2) is 9.98 Å². The minimum atomic E-state index is -0.263. The number of rotatable bonds is 5. The fraction of sp³-hybridized carbons (Fsp3) is 0.0435. The highest BCUT2D eigenvalue weighted by molar-refractivity contribution is 6.20. The summed E-state index contributed by atoms with van der Waals surface area (Å²) in [5.41, 5.74) is 9.90. The third-order valence-corrected chi connectivity index (χ3v) is 10.0. The number of furan rings is 1. The number of amidine groups is 2. The van der Waals surface area contributed by atoms with Gasteiger partial charge in [0.2, 0.25) is 5.88 Å². The number of anilines is 1. The smallest absolute Gasteiger partial charge is 0.202 e. The van der Waals surface area contributed by atoms with Crippen LogP contribution in [0.15, 0.2) is 178 Å². The van der Waals surface area contributed by atoms with Crippen LogP contribution in [0.25, 0.3) is 49.2 Å². The molecule has 3 heterocycles. The van der Waals surface area contributed by atoms with E-state index in [9.17, 15) is 0 Å². The van der Waals surface area contributed by atoms with Gasteiger partial charge in [-0.05, 0) is 55.4 Å². The molecule has 0 spiro atoms. The topological polar surface area (TPSA) is 61.9 Å². The van der Waals surface area contributed by atoms with E-state index < -0.39 is 0 Å². The summed E-state index contributed by atoms with van der Waals surface area (Å²) in [6.45, 7) is 0.712. The number of nitrogens with zero attached hydrogens (tertiary/aromatic N) is 2. The van der Waals surface area contributed by atoms with Crippen molar-refractivity contribution in [1.82, 2.24) is 5.32 Å². The molecule has 0 fully saturated rings. The molecule has 10 rings (SSSR count). The zero-order valence-electron chi connectivity index (χ0n) is 27.7. The van der Waals surface area contributed by atoms with E-state index in [-0.39, 0.29) is 6.17 Å². The molecule has 5 heteroatoms. The Morgan fingerprint density at radius 2 is 1.08 bits per heavy atom. The lowest BCUT2D eigenvalue weighted by molar-refractivity contribution is 0.627. The monoisotopic (exact) mass is 656 g/mol. The third kappa shape index (κ3) is 4.93. The van der Waals surface area contributed by atoms with Gasteiger partial charge in [0, 0.05) is 23.1 Å². The van der Waals surface area contributed by atoms with Gasteiger partial charge in [-0.1, -0.05) is 158 Å². The van der Waals surface area contributed by atoms with Crippen molar-refractivity contribution >= 4 is 55.6 Å². The summed E-state index contributed by atoms with van der Waals surface area (Å²) in [6.07, 6.45) is 2.02. The molecule has 7 aromatic carbocycles. The van der Waals surface area contributed by atoms with Crippen molar-refractivity contribution in [2.45, 2.75) is 6.17 Å². The van der Waals surface area contributed by atoms with E-state index in [2.05, 4.69) is 138 Å². The van der Waals surface area contributed by atoms with E-state index in [1.165, 1.54) is 38.4 Å². The second kappa shape index (κ2) is 12.0. The average Bonchev–Trinajstić information content (AvgIpc) is 3.60. The largest absolute Gasteiger partial charge is 0.440 e. The minimum absolute atomic E-state index is 0.263. The van der Waals surface area contributed by atoms with Gasteiger partial charge in [-0.3, -0.25) is 0 Å². The number of benzene rings is 7. The highest BCUT2D eigenvalue weighted by Crippen LogP contribution is 2.44. The van der Waals surface area contributed by atoms with Crippen LogP contribution in [0, 0.1) is 0 Å². The first kappa shape index (κ1) is 29.2. The number of hydrogen-bond acceptors (Lipinski definition) is 5. The Hall–Kier alpha value is -6.72. The van der Waals surface area contributed by atoms with Crippen molar-refractivity contribution in [2.75, 3.05) is 11.9 Å². The molecule has 0 saturated carbocycles. The lowest BCUT2D eigenvalue weighted by atomic mass is 9.86. The Morgan fingerprint density at radius 1 is 0.529 bits per heavy atom. The second-order valence-electron chi connectivity index (χ2n) is 13.0. The van der Waals surface area contributed by atoms with E-state index in [0.717, 1.165) is 50.3 Å². The van der Waals surface area contributed by atoms with E-state index in [1.54, 1.807) is 0 Å². The summed E-state index contributed by atoms with van der Waals surface area (Å²) in [5.74, 6) is 2.35. The Labute approximate surface area is 295 Å². The molecule has 1 unspecified atom stereocenters. The molecule has 2 aliphatic heterocycles. The first-order chi connectivity index (χ1) is 25.3. The van der Waals surface area contributed by atoms with Crippen LogP contribution in [0.5, 0.6) is 0 Å². The van der Waals surface area contributed by atoms with Gasteiger partial charge in [0.25, 0.3) is 0 Å². The zero-order chi connectivity index (χ0) is 33.7. The number of para-hydroxylation sites is 1. The van der Waals surface area contributed by atoms with Gasteiger partial charge in [-0.15, -0.1) is 0 Å². The highest BCUT2D eigenvalue weighted by atomic mass is 16.3. The third-order valence-electron chi connectivity index (χ3n) is 10.0. The number of hydrogen-bond donors (Lipinski definition) is 2. The molecule has 242 valence electrons. The second-order valence-corrected chi connectivity index (χ2v) is 13.0. The van der Waals surface area contributed by atoms with Crippen molar-refractivity contribution in [3.63, 3.8) is 0 Å². The van der Waals surface area contributed by atoms with Gasteiger partial charge in [-0.2, -0.15) is 0 Å². The van der Waals surface area contributed by atoms with Crippen molar-refractivity contribution in [2.24, 2.45) is 9.98 Å². The fourth-order valence-electron chi connectivity index (χ4n) is 7.65. The molecule has 51 heavy (non-hydrogen) atoms. The molecule has 2 N–H and O–H groups in total. The summed E-state index contributed by atoms with van der Waals surface area (Å²) in [6, 6.07) is 55.3. The van der Waals surface area contributed by atoms with Crippen molar-refractivity contribution in [1.29, 1.82) is 0 Å². The molecule has 0 saturated heterocycles. The summed E-state index contributed by atoms with van der Waals surface area (Å²) < 4.78 is 6.25. The maximum Gasteiger partial charge on any atom is 0.202 e. The molecule has 0 amide bonds. The minimum Gasteiger partial charge on any atom is -0.440 e. The number of fused-ring (bicyclic) bond motifs is 5. The lowest BCUT2D eigenvalue weighted by Gasteiger charge is -2.25. The zero-order valence-corrected chi connectivity index (χ0v) is 27.7. The molecule has 0 aliphatic carbocycles. The first-order valence-corrected chi connectivity index (χ1v) is 17.3. The fourth-order valence-corrected chi connectivity index (χ4v) is 7.65. The van der Waals surface area contributed by atoms with Crippen LogP contribution in [0.3, 0.4) is 0 Å². The Kier molecular flexibility index (Phi) is 6.88. The van der Waals surface area contributed by atoms with Crippen molar-refractivity contribution in [3.8, 4) is 11.1 Å². The Morgan fingerprint density at radius 3 is 1.78 bits per heavy atom. The van der Waals surface area contributed by atoms with Gasteiger partial charge >= 0.3 is 0 Å². The van der Waals surface area contributed by atoms with Crippen LogP contribution in [-0.4, -0.2) is 18.2 Å². The van der Waals surface area contributed by atoms with Crippen LogP contribution in [0.4, 0.5) is 5.88 Å². The van der Waals surface area contributed by atoms with Gasteiger partial charge in [0.05, 0.1) is 5.56 Å². The van der Waals surface area contributed by atoms with E-state index in [0.29, 0.717) is 12.4 Å².